The lowest BCUT2D eigenvalue weighted by molar-refractivity contribution is -0.133. The predicted octanol–water partition coefficient (Wildman–Crippen LogP) is 1.50. The van der Waals surface area contributed by atoms with E-state index in [1.54, 1.807) is 4.90 Å². The third-order valence-corrected chi connectivity index (χ3v) is 6.11. The van der Waals surface area contributed by atoms with Crippen molar-refractivity contribution >= 4 is 15.7 Å². The molecule has 6 heteroatoms. The molecule has 1 heterocycles. The topological polar surface area (TPSA) is 57.7 Å². The van der Waals surface area contributed by atoms with Gasteiger partial charge in [-0.2, -0.15) is 0 Å². The van der Waals surface area contributed by atoms with Gasteiger partial charge in [0.1, 0.15) is 5.37 Å². The number of nitrogens with zero attached hydrogens (tertiary/aromatic N) is 2. The Labute approximate surface area is 132 Å². The van der Waals surface area contributed by atoms with Gasteiger partial charge in [0.2, 0.25) is 5.91 Å². The van der Waals surface area contributed by atoms with Crippen LogP contribution in [0.2, 0.25) is 0 Å². The van der Waals surface area contributed by atoms with Crippen LogP contribution in [0.1, 0.15) is 25.3 Å². The van der Waals surface area contributed by atoms with Crippen molar-refractivity contribution in [3.63, 3.8) is 0 Å². The highest BCUT2D eigenvalue weighted by atomic mass is 32.2. The van der Waals surface area contributed by atoms with Crippen LogP contribution in [-0.2, 0) is 20.4 Å². The Morgan fingerprint density at radius 3 is 2.55 bits per heavy atom. The molecule has 1 fully saturated rings. The van der Waals surface area contributed by atoms with Crippen molar-refractivity contribution in [2.75, 3.05) is 26.7 Å². The molecular weight excluding hydrogens is 300 g/mol. The zero-order chi connectivity index (χ0) is 16.2. The lowest BCUT2D eigenvalue weighted by atomic mass is 10.2. The van der Waals surface area contributed by atoms with Gasteiger partial charge in [-0.1, -0.05) is 37.3 Å². The van der Waals surface area contributed by atoms with E-state index in [-0.39, 0.29) is 18.2 Å². The number of amides is 1. The maximum Gasteiger partial charge on any atom is 0.222 e. The van der Waals surface area contributed by atoms with E-state index in [1.807, 2.05) is 49.2 Å². The van der Waals surface area contributed by atoms with Crippen LogP contribution in [0, 0.1) is 0 Å². The molecule has 0 saturated carbocycles. The molecule has 1 aliphatic rings. The average Bonchev–Trinajstić information content (AvgIpc) is 2.48. The van der Waals surface area contributed by atoms with Crippen molar-refractivity contribution in [1.82, 2.24) is 9.80 Å². The summed E-state index contributed by atoms with van der Waals surface area (Å²) in [5.74, 6) is 0.0640. The van der Waals surface area contributed by atoms with E-state index in [2.05, 4.69) is 0 Å². The summed E-state index contributed by atoms with van der Waals surface area (Å²) >= 11 is 0. The van der Waals surface area contributed by atoms with E-state index in [0.29, 0.717) is 19.5 Å². The summed E-state index contributed by atoms with van der Waals surface area (Å²) in [5.41, 5.74) is 0.785. The van der Waals surface area contributed by atoms with Gasteiger partial charge in [-0.15, -0.1) is 0 Å². The summed E-state index contributed by atoms with van der Waals surface area (Å²) in [7, 11) is -1.52. The molecule has 0 radical (unpaired) electrons. The van der Waals surface area contributed by atoms with E-state index >= 15 is 0 Å². The van der Waals surface area contributed by atoms with Crippen molar-refractivity contribution in [2.24, 2.45) is 0 Å². The van der Waals surface area contributed by atoms with Crippen molar-refractivity contribution in [3.8, 4) is 0 Å². The number of carbonyl (C=O) groups excluding carboxylic acids is 1. The fraction of sp³-hybridized carbons (Fsp3) is 0.562. The Morgan fingerprint density at radius 2 is 1.91 bits per heavy atom. The van der Waals surface area contributed by atoms with E-state index < -0.39 is 15.2 Å². The quantitative estimate of drug-likeness (QED) is 0.824. The molecule has 122 valence electrons. The number of carbonyl (C=O) groups is 1. The predicted molar refractivity (Wildman–Crippen MR) is 87.0 cm³/mol. The minimum Gasteiger partial charge on any atom is -0.339 e. The first-order valence-corrected chi connectivity index (χ1v) is 9.39. The summed E-state index contributed by atoms with van der Waals surface area (Å²) in [6.07, 6.45) is 1.27. The Bertz CT molecular complexity index is 601. The standard InChI is InChI=1S/C16H24N2O3S/c1-3-7-15(19)18-11-10-17(2)16(12-18)22(20,21)13-14-8-5-4-6-9-14/h4-6,8-9,16H,3,7,10-13H2,1-2H3. The number of likely N-dealkylation sites (N-methyl/N-ethyl adjacent to an activating group) is 1. The molecule has 1 amide bonds. The Hall–Kier alpha value is -1.40. The van der Waals surface area contributed by atoms with Gasteiger partial charge in [0.25, 0.3) is 0 Å². The van der Waals surface area contributed by atoms with Gasteiger partial charge in [-0.05, 0) is 19.0 Å². The molecule has 0 aliphatic carbocycles. The van der Waals surface area contributed by atoms with Gasteiger partial charge < -0.3 is 4.90 Å². The Balaban J connectivity index is 2.12. The monoisotopic (exact) mass is 324 g/mol. The van der Waals surface area contributed by atoms with Gasteiger partial charge in [0, 0.05) is 19.5 Å². The highest BCUT2D eigenvalue weighted by Gasteiger charge is 2.35. The van der Waals surface area contributed by atoms with Crippen LogP contribution >= 0.6 is 0 Å². The SMILES string of the molecule is CCCC(=O)N1CCN(C)C(S(=O)(=O)Cc2ccccc2)C1. The average molecular weight is 324 g/mol. The van der Waals surface area contributed by atoms with Crippen LogP contribution in [-0.4, -0.2) is 56.2 Å². The fourth-order valence-electron chi connectivity index (χ4n) is 2.73. The second-order valence-corrected chi connectivity index (χ2v) is 7.98. The molecule has 1 aliphatic heterocycles. The minimum absolute atomic E-state index is 0.0126. The Morgan fingerprint density at radius 1 is 1.23 bits per heavy atom. The number of sulfone groups is 1. The van der Waals surface area contributed by atoms with Gasteiger partial charge in [0.05, 0.1) is 12.3 Å². The highest BCUT2D eigenvalue weighted by Crippen LogP contribution is 2.19. The summed E-state index contributed by atoms with van der Waals surface area (Å²) < 4.78 is 25.4. The van der Waals surface area contributed by atoms with Gasteiger partial charge in [-0.25, -0.2) is 8.42 Å². The molecule has 0 N–H and O–H groups in total. The zero-order valence-electron chi connectivity index (χ0n) is 13.2. The molecule has 22 heavy (non-hydrogen) atoms. The van der Waals surface area contributed by atoms with E-state index in [1.165, 1.54) is 0 Å². The van der Waals surface area contributed by atoms with Crippen molar-refractivity contribution < 1.29 is 13.2 Å². The number of rotatable bonds is 5. The molecule has 1 aromatic carbocycles. The molecule has 1 atom stereocenters. The van der Waals surface area contributed by atoms with Gasteiger partial charge in [0.15, 0.2) is 9.84 Å². The third-order valence-electron chi connectivity index (χ3n) is 4.03. The van der Waals surface area contributed by atoms with Gasteiger partial charge in [-0.3, -0.25) is 9.69 Å². The van der Waals surface area contributed by atoms with Gasteiger partial charge >= 0.3 is 0 Å². The van der Waals surface area contributed by atoms with Crippen LogP contribution in [0.5, 0.6) is 0 Å². The van der Waals surface area contributed by atoms with Crippen LogP contribution in [0.4, 0.5) is 0 Å². The molecular formula is C16H24N2O3S. The summed E-state index contributed by atoms with van der Waals surface area (Å²) in [4.78, 5) is 15.6. The number of benzene rings is 1. The van der Waals surface area contributed by atoms with E-state index in [0.717, 1.165) is 12.0 Å². The normalized spacial score (nSPS) is 20.1. The molecule has 0 aromatic heterocycles. The Kier molecular flexibility index (Phi) is 5.58. The van der Waals surface area contributed by atoms with Crippen molar-refractivity contribution in [3.05, 3.63) is 35.9 Å². The second-order valence-electron chi connectivity index (χ2n) is 5.82. The third kappa shape index (κ3) is 4.08. The molecule has 1 unspecified atom stereocenters. The van der Waals surface area contributed by atoms with Crippen LogP contribution in [0.3, 0.4) is 0 Å². The smallest absolute Gasteiger partial charge is 0.222 e. The molecule has 5 nitrogen and oxygen atoms in total. The van der Waals surface area contributed by atoms with Crippen LogP contribution in [0.15, 0.2) is 30.3 Å². The minimum atomic E-state index is -3.33. The number of hydrogen-bond donors (Lipinski definition) is 0. The van der Waals surface area contributed by atoms with Crippen molar-refractivity contribution in [2.45, 2.75) is 30.9 Å². The fourth-order valence-corrected chi connectivity index (χ4v) is 4.64. The lowest BCUT2D eigenvalue weighted by Crippen LogP contribution is -2.56. The summed E-state index contributed by atoms with van der Waals surface area (Å²) in [6.45, 7) is 3.42. The maximum absolute atomic E-state index is 12.7. The number of hydrogen-bond acceptors (Lipinski definition) is 4. The van der Waals surface area contributed by atoms with Crippen LogP contribution < -0.4 is 0 Å². The highest BCUT2D eigenvalue weighted by molar-refractivity contribution is 7.91. The summed E-state index contributed by atoms with van der Waals surface area (Å²) in [5, 5.41) is -0.623. The van der Waals surface area contributed by atoms with E-state index in [4.69, 9.17) is 0 Å². The summed E-state index contributed by atoms with van der Waals surface area (Å²) in [6, 6.07) is 9.19. The molecule has 1 aromatic rings. The lowest BCUT2D eigenvalue weighted by Gasteiger charge is -2.39. The molecule has 0 spiro atoms. The first kappa shape index (κ1) is 17.0. The van der Waals surface area contributed by atoms with E-state index in [9.17, 15) is 13.2 Å². The molecule has 1 saturated heterocycles. The molecule has 0 bridgehead atoms. The van der Waals surface area contributed by atoms with Crippen LogP contribution in [0.25, 0.3) is 0 Å². The zero-order valence-corrected chi connectivity index (χ0v) is 14.1. The van der Waals surface area contributed by atoms with Crippen molar-refractivity contribution in [1.29, 1.82) is 0 Å². The first-order valence-electron chi connectivity index (χ1n) is 7.67. The largest absolute Gasteiger partial charge is 0.339 e. The number of piperazine rings is 1. The second kappa shape index (κ2) is 7.24. The molecule has 2 rings (SSSR count). The first-order chi connectivity index (χ1) is 10.4. The maximum atomic E-state index is 12.7.